The van der Waals surface area contributed by atoms with Gasteiger partial charge in [0.25, 0.3) is 0 Å². The van der Waals surface area contributed by atoms with E-state index in [0.717, 1.165) is 10.5 Å². The predicted molar refractivity (Wildman–Crippen MR) is 50.9 cm³/mol. The van der Waals surface area contributed by atoms with Crippen LogP contribution in [-0.4, -0.2) is 16.7 Å². The maximum Gasteiger partial charge on any atom is 0.181 e. The quantitative estimate of drug-likeness (QED) is 0.452. The molecule has 0 radical (unpaired) electrons. The van der Waals surface area contributed by atoms with Gasteiger partial charge in [0.15, 0.2) is 5.21 Å². The lowest BCUT2D eigenvalue weighted by molar-refractivity contribution is 0.514. The molecule has 1 aliphatic rings. The third-order valence-electron chi connectivity index (χ3n) is 2.29. The van der Waals surface area contributed by atoms with Crippen LogP contribution in [0, 0.1) is 0 Å². The molecule has 0 saturated heterocycles. The Morgan fingerprint density at radius 3 is 2.40 bits per heavy atom. The van der Waals surface area contributed by atoms with E-state index in [1.54, 1.807) is 0 Å². The van der Waals surface area contributed by atoms with E-state index in [9.17, 15) is 0 Å². The zero-order chi connectivity index (χ0) is 7.40. The minimum atomic E-state index is 0.502. The van der Waals surface area contributed by atoms with Crippen LogP contribution in [0.3, 0.4) is 0 Å². The Labute approximate surface area is 71.7 Å². The summed E-state index contributed by atoms with van der Waals surface area (Å²) < 4.78 is 0. The predicted octanol–water partition coefficient (Wildman–Crippen LogP) is 2.76. The number of hydrogen-bond acceptors (Lipinski definition) is 0. The Morgan fingerprint density at radius 1 is 1.30 bits per heavy atom. The molecule has 0 aromatic rings. The fourth-order valence-electron chi connectivity index (χ4n) is 1.56. The van der Waals surface area contributed by atoms with Crippen LogP contribution >= 0.6 is 11.6 Å². The first-order valence-corrected chi connectivity index (χ1v) is 6.42. The van der Waals surface area contributed by atoms with Crippen LogP contribution in [0.25, 0.3) is 0 Å². The normalized spacial score (nSPS) is 24.6. The Morgan fingerprint density at radius 2 is 1.90 bits per heavy atom. The highest BCUT2D eigenvalue weighted by Gasteiger charge is 2.26. The molecular weight excluding hydrogens is 164 g/mol. The summed E-state index contributed by atoms with van der Waals surface area (Å²) in [5.74, 6) is 0. The van der Waals surface area contributed by atoms with Crippen molar-refractivity contribution in [1.82, 2.24) is 0 Å². The monoisotopic (exact) mass is 179 g/mol. The van der Waals surface area contributed by atoms with Crippen LogP contribution in [0.5, 0.6) is 0 Å². The molecule has 0 aromatic heterocycles. The van der Waals surface area contributed by atoms with Crippen molar-refractivity contribution >= 4 is 22.5 Å². The van der Waals surface area contributed by atoms with E-state index in [0.29, 0.717) is 10.9 Å². The van der Waals surface area contributed by atoms with Gasteiger partial charge in [0.2, 0.25) is 0 Å². The summed E-state index contributed by atoms with van der Waals surface area (Å²) in [5, 5.41) is 1.84. The number of hydrogen-bond donors (Lipinski definition) is 0. The summed E-state index contributed by atoms with van der Waals surface area (Å²) in [6.45, 7) is 0. The Balaban J connectivity index is 2.24. The minimum Gasteiger partial charge on any atom is -0.0683 e. The molecule has 0 aromatic carbocycles. The molecule has 1 aliphatic carbocycles. The summed E-state index contributed by atoms with van der Waals surface area (Å²) in [5.41, 5.74) is 0. The van der Waals surface area contributed by atoms with Gasteiger partial charge in [0.1, 0.15) is 5.25 Å². The van der Waals surface area contributed by atoms with Gasteiger partial charge in [-0.3, -0.25) is 0 Å². The molecule has 0 amide bonds. The first kappa shape index (κ1) is 8.73. The second-order valence-corrected chi connectivity index (χ2v) is 5.98. The van der Waals surface area contributed by atoms with E-state index in [-0.39, 0.29) is 0 Å². The van der Waals surface area contributed by atoms with Gasteiger partial charge in [0.05, 0.1) is 6.26 Å². The maximum atomic E-state index is 5.80. The minimum absolute atomic E-state index is 0.502. The molecule has 0 nitrogen and oxygen atoms in total. The first-order valence-electron chi connectivity index (χ1n) is 4.02. The lowest BCUT2D eigenvalue weighted by atomic mass is 10.0. The molecule has 1 fully saturated rings. The van der Waals surface area contributed by atoms with Gasteiger partial charge in [-0.2, -0.15) is 0 Å². The van der Waals surface area contributed by atoms with Gasteiger partial charge in [-0.05, 0) is 25.7 Å². The van der Waals surface area contributed by atoms with Crippen molar-refractivity contribution in [3.05, 3.63) is 0 Å². The van der Waals surface area contributed by atoms with Crippen molar-refractivity contribution in [2.24, 2.45) is 0 Å². The van der Waals surface area contributed by atoms with E-state index < -0.39 is 0 Å². The van der Waals surface area contributed by atoms with Gasteiger partial charge in [-0.1, -0.05) is 18.0 Å². The third-order valence-corrected chi connectivity index (χ3v) is 5.28. The van der Waals surface area contributed by atoms with E-state index in [4.69, 9.17) is 11.6 Å². The molecule has 0 aliphatic heterocycles. The van der Waals surface area contributed by atoms with Crippen LogP contribution in [0.2, 0.25) is 0 Å². The molecule has 1 saturated carbocycles. The molecule has 0 spiro atoms. The van der Waals surface area contributed by atoms with Crippen molar-refractivity contribution in [2.45, 2.75) is 37.4 Å². The van der Waals surface area contributed by atoms with Gasteiger partial charge in [-0.25, -0.2) is 0 Å². The van der Waals surface area contributed by atoms with E-state index in [1.165, 1.54) is 32.1 Å². The summed E-state index contributed by atoms with van der Waals surface area (Å²) in [6, 6.07) is 0. The highest BCUT2D eigenvalue weighted by Crippen LogP contribution is 2.24. The van der Waals surface area contributed by atoms with Crippen molar-refractivity contribution in [2.75, 3.05) is 11.5 Å². The van der Waals surface area contributed by atoms with E-state index in [1.807, 2.05) is 0 Å². The van der Waals surface area contributed by atoms with E-state index in [2.05, 4.69) is 6.26 Å². The second-order valence-electron chi connectivity index (χ2n) is 3.06. The van der Waals surface area contributed by atoms with Crippen LogP contribution in [0.4, 0.5) is 0 Å². The molecular formula is C8H16ClS+. The lowest BCUT2D eigenvalue weighted by Gasteiger charge is -2.18. The smallest absolute Gasteiger partial charge is 0.0683 e. The Bertz CT molecular complexity index is 89.3. The van der Waals surface area contributed by atoms with Gasteiger partial charge < -0.3 is 0 Å². The summed E-state index contributed by atoms with van der Waals surface area (Å²) in [4.78, 5) is 0. The van der Waals surface area contributed by atoms with Gasteiger partial charge in [0, 0.05) is 10.9 Å². The van der Waals surface area contributed by atoms with Crippen LogP contribution in [0.1, 0.15) is 32.1 Å². The fourth-order valence-corrected chi connectivity index (χ4v) is 3.41. The largest absolute Gasteiger partial charge is 0.181 e. The standard InChI is InChI=1S/C8H16ClS/c1-10(7-9)8-5-3-2-4-6-8/h8H,2-7H2,1H3/q+1. The molecule has 0 heterocycles. The highest BCUT2D eigenvalue weighted by atomic mass is 35.5. The van der Waals surface area contributed by atoms with E-state index >= 15 is 0 Å². The number of rotatable bonds is 2. The molecule has 0 bridgehead atoms. The molecule has 0 N–H and O–H groups in total. The Hall–Kier alpha value is 0.640. The molecule has 1 unspecified atom stereocenters. The van der Waals surface area contributed by atoms with Gasteiger partial charge >= 0.3 is 0 Å². The number of alkyl halides is 1. The van der Waals surface area contributed by atoms with Crippen molar-refractivity contribution in [1.29, 1.82) is 0 Å². The maximum absolute atomic E-state index is 5.80. The van der Waals surface area contributed by atoms with Crippen LogP contribution < -0.4 is 0 Å². The first-order chi connectivity index (χ1) is 4.84. The van der Waals surface area contributed by atoms with Crippen molar-refractivity contribution in [3.8, 4) is 0 Å². The average Bonchev–Trinajstić information content (AvgIpc) is 2.05. The lowest BCUT2D eigenvalue weighted by Crippen LogP contribution is -2.23. The van der Waals surface area contributed by atoms with Crippen LogP contribution in [0.15, 0.2) is 0 Å². The Kier molecular flexibility index (Phi) is 3.93. The zero-order valence-corrected chi connectivity index (χ0v) is 8.18. The van der Waals surface area contributed by atoms with Gasteiger partial charge in [-0.15, -0.1) is 0 Å². The van der Waals surface area contributed by atoms with Crippen molar-refractivity contribution < 1.29 is 0 Å². The molecule has 10 heavy (non-hydrogen) atoms. The second kappa shape index (κ2) is 4.50. The number of halogens is 1. The average molecular weight is 180 g/mol. The van der Waals surface area contributed by atoms with Crippen molar-refractivity contribution in [3.63, 3.8) is 0 Å². The summed E-state index contributed by atoms with van der Waals surface area (Å²) >= 11 is 5.80. The third kappa shape index (κ3) is 2.35. The topological polar surface area (TPSA) is 0 Å². The summed E-state index contributed by atoms with van der Waals surface area (Å²) in [7, 11) is 0.502. The molecule has 60 valence electrons. The zero-order valence-electron chi connectivity index (χ0n) is 6.61. The molecule has 1 rings (SSSR count). The highest BCUT2D eigenvalue weighted by molar-refractivity contribution is 7.97. The fraction of sp³-hybridized carbons (Fsp3) is 1.00. The summed E-state index contributed by atoms with van der Waals surface area (Å²) in [6.07, 6.45) is 9.52. The molecule has 1 atom stereocenters. The van der Waals surface area contributed by atoms with Crippen LogP contribution in [-0.2, 0) is 10.9 Å². The SMILES string of the molecule is C[S+](CCl)C1CCCCC1. The molecule has 2 heteroatoms.